The number of aryl methyl sites for hydroxylation is 2. The van der Waals surface area contributed by atoms with Gasteiger partial charge in [0.25, 0.3) is 5.91 Å². The lowest BCUT2D eigenvalue weighted by Crippen LogP contribution is -2.23. The molecule has 1 aliphatic rings. The van der Waals surface area contributed by atoms with E-state index in [9.17, 15) is 9.59 Å². The number of nitrogens with one attached hydrogen (secondary N) is 2. The normalized spacial score (nSPS) is 13.6. The largest absolute Gasteiger partial charge is 0.348 e. The van der Waals surface area contributed by atoms with Crippen molar-refractivity contribution in [2.75, 3.05) is 5.32 Å². The Labute approximate surface area is 175 Å². The minimum atomic E-state index is -0.147. The Balaban J connectivity index is 1.50. The van der Waals surface area contributed by atoms with Crippen LogP contribution in [0.5, 0.6) is 0 Å². The van der Waals surface area contributed by atoms with Gasteiger partial charge in [-0.15, -0.1) is 0 Å². The fraction of sp³-hybridized carbons (Fsp3) is 0.391. The number of nitrogens with zero attached hydrogens (tertiary/aromatic N) is 3. The summed E-state index contributed by atoms with van der Waals surface area (Å²) in [4.78, 5) is 29.6. The molecular weight excluding hydrogens is 378 g/mol. The number of fused-ring (bicyclic) bond motifs is 1. The molecule has 0 saturated heterocycles. The molecule has 2 heterocycles. The Kier molecular flexibility index (Phi) is 5.28. The van der Waals surface area contributed by atoms with Crippen LogP contribution in [0.3, 0.4) is 0 Å². The molecule has 1 fully saturated rings. The van der Waals surface area contributed by atoms with Crippen LogP contribution < -0.4 is 10.6 Å². The topological polar surface area (TPSA) is 88.9 Å². The molecule has 0 aliphatic heterocycles. The zero-order chi connectivity index (χ0) is 21.4. The van der Waals surface area contributed by atoms with E-state index in [2.05, 4.69) is 29.6 Å². The second kappa shape index (κ2) is 7.89. The summed E-state index contributed by atoms with van der Waals surface area (Å²) in [7, 11) is 1.84. The molecular formula is C23H27N5O2. The number of benzene rings is 1. The molecule has 3 aromatic rings. The van der Waals surface area contributed by atoms with Crippen LogP contribution in [0.25, 0.3) is 11.0 Å². The van der Waals surface area contributed by atoms with Crippen molar-refractivity contribution in [3.8, 4) is 0 Å². The number of carbonyl (C=O) groups excluding carboxylic acids is 2. The summed E-state index contributed by atoms with van der Waals surface area (Å²) in [5, 5.41) is 11.2. The van der Waals surface area contributed by atoms with Crippen molar-refractivity contribution in [3.63, 3.8) is 0 Å². The Morgan fingerprint density at radius 3 is 2.53 bits per heavy atom. The monoisotopic (exact) mass is 405 g/mol. The van der Waals surface area contributed by atoms with E-state index in [0.717, 1.165) is 46.5 Å². The van der Waals surface area contributed by atoms with E-state index in [0.29, 0.717) is 12.1 Å². The summed E-state index contributed by atoms with van der Waals surface area (Å²) in [6.07, 6.45) is 1.96. The van der Waals surface area contributed by atoms with E-state index < -0.39 is 0 Å². The van der Waals surface area contributed by atoms with Crippen LogP contribution in [0.15, 0.2) is 30.3 Å². The van der Waals surface area contributed by atoms with Gasteiger partial charge in [0.1, 0.15) is 0 Å². The van der Waals surface area contributed by atoms with Crippen molar-refractivity contribution in [3.05, 3.63) is 52.8 Å². The summed E-state index contributed by atoms with van der Waals surface area (Å²) < 4.78 is 1.72. The number of carbonyl (C=O) groups is 2. The lowest BCUT2D eigenvalue weighted by molar-refractivity contribution is -0.117. The van der Waals surface area contributed by atoms with Crippen LogP contribution in [0, 0.1) is 12.8 Å². The fourth-order valence-corrected chi connectivity index (χ4v) is 3.51. The third-order valence-electron chi connectivity index (χ3n) is 5.45. The minimum Gasteiger partial charge on any atom is -0.348 e. The summed E-state index contributed by atoms with van der Waals surface area (Å²) in [5.41, 5.74) is 4.72. The molecule has 0 spiro atoms. The Bertz CT molecular complexity index is 1110. The maximum atomic E-state index is 13.0. The summed E-state index contributed by atoms with van der Waals surface area (Å²) in [5.74, 6) is 0.319. The van der Waals surface area contributed by atoms with Crippen LogP contribution in [0.1, 0.15) is 59.9 Å². The highest BCUT2D eigenvalue weighted by molar-refractivity contribution is 6.06. The Hall–Kier alpha value is -3.22. The van der Waals surface area contributed by atoms with Crippen molar-refractivity contribution in [1.82, 2.24) is 20.1 Å². The molecule has 2 aromatic heterocycles. The average molecular weight is 406 g/mol. The van der Waals surface area contributed by atoms with Crippen LogP contribution in [-0.2, 0) is 18.4 Å². The maximum Gasteiger partial charge on any atom is 0.252 e. The second-order valence-corrected chi connectivity index (χ2v) is 8.30. The van der Waals surface area contributed by atoms with Gasteiger partial charge in [0.05, 0.1) is 16.6 Å². The van der Waals surface area contributed by atoms with Crippen molar-refractivity contribution in [2.24, 2.45) is 13.0 Å². The minimum absolute atomic E-state index is 0.0885. The highest BCUT2D eigenvalue weighted by atomic mass is 16.2. The molecule has 1 aromatic carbocycles. The predicted octanol–water partition coefficient (Wildman–Crippen LogP) is 3.68. The molecule has 7 heteroatoms. The molecule has 1 aliphatic carbocycles. The zero-order valence-corrected chi connectivity index (χ0v) is 17.8. The van der Waals surface area contributed by atoms with Gasteiger partial charge in [-0.1, -0.05) is 26.0 Å². The molecule has 0 unspecified atom stereocenters. The molecule has 156 valence electrons. The van der Waals surface area contributed by atoms with Gasteiger partial charge in [-0.25, -0.2) is 4.98 Å². The van der Waals surface area contributed by atoms with Crippen LogP contribution in [0.4, 0.5) is 5.69 Å². The molecule has 4 rings (SSSR count). The van der Waals surface area contributed by atoms with Gasteiger partial charge in [-0.2, -0.15) is 5.10 Å². The van der Waals surface area contributed by atoms with Crippen molar-refractivity contribution >= 4 is 28.5 Å². The van der Waals surface area contributed by atoms with E-state index in [-0.39, 0.29) is 23.7 Å². The second-order valence-electron chi connectivity index (χ2n) is 8.30. The first kappa shape index (κ1) is 20.1. The number of amides is 2. The number of hydrogen-bond acceptors (Lipinski definition) is 4. The van der Waals surface area contributed by atoms with E-state index >= 15 is 0 Å². The Morgan fingerprint density at radius 1 is 1.20 bits per heavy atom. The third-order valence-corrected chi connectivity index (χ3v) is 5.45. The van der Waals surface area contributed by atoms with E-state index in [4.69, 9.17) is 4.98 Å². The number of anilines is 1. The van der Waals surface area contributed by atoms with Gasteiger partial charge < -0.3 is 10.6 Å². The summed E-state index contributed by atoms with van der Waals surface area (Å²) in [6, 6.07) is 9.44. The van der Waals surface area contributed by atoms with Crippen molar-refractivity contribution in [1.29, 1.82) is 0 Å². The SMILES string of the molecule is Cc1nn(C)c2nc(C(C)C)cc(C(=O)NCc3ccc(NC(=O)C4CC4)cc3)c12. The first-order valence-corrected chi connectivity index (χ1v) is 10.4. The molecule has 2 amide bonds. The third kappa shape index (κ3) is 4.06. The number of rotatable bonds is 6. The highest BCUT2D eigenvalue weighted by Gasteiger charge is 2.29. The molecule has 0 bridgehead atoms. The lowest BCUT2D eigenvalue weighted by Gasteiger charge is -2.11. The molecule has 30 heavy (non-hydrogen) atoms. The molecule has 7 nitrogen and oxygen atoms in total. The number of aromatic nitrogens is 3. The zero-order valence-electron chi connectivity index (χ0n) is 17.8. The van der Waals surface area contributed by atoms with Gasteiger partial charge in [0, 0.05) is 30.9 Å². The van der Waals surface area contributed by atoms with E-state index in [1.165, 1.54) is 0 Å². The van der Waals surface area contributed by atoms with Crippen molar-refractivity contribution in [2.45, 2.75) is 46.1 Å². The van der Waals surface area contributed by atoms with Gasteiger partial charge in [0.15, 0.2) is 5.65 Å². The van der Waals surface area contributed by atoms with E-state index in [1.54, 1.807) is 4.68 Å². The first-order valence-electron chi connectivity index (χ1n) is 10.4. The molecule has 0 atom stereocenters. The Morgan fingerprint density at radius 2 is 1.90 bits per heavy atom. The van der Waals surface area contributed by atoms with Gasteiger partial charge in [0.2, 0.25) is 5.91 Å². The van der Waals surface area contributed by atoms with Gasteiger partial charge in [-0.3, -0.25) is 14.3 Å². The molecule has 1 saturated carbocycles. The number of hydrogen-bond donors (Lipinski definition) is 2. The van der Waals surface area contributed by atoms with Crippen LogP contribution in [0.2, 0.25) is 0 Å². The fourth-order valence-electron chi connectivity index (χ4n) is 3.51. The predicted molar refractivity (Wildman–Crippen MR) is 116 cm³/mol. The van der Waals surface area contributed by atoms with Crippen LogP contribution >= 0.6 is 0 Å². The standard InChI is InChI=1S/C23H27N5O2/c1-13(2)19-11-18(20-14(3)27-28(4)21(20)26-19)23(30)24-12-15-5-9-17(10-6-15)25-22(29)16-7-8-16/h5-6,9-11,13,16H,7-8,12H2,1-4H3,(H,24,30)(H,25,29). The summed E-state index contributed by atoms with van der Waals surface area (Å²) in [6.45, 7) is 6.41. The van der Waals surface area contributed by atoms with Crippen molar-refractivity contribution < 1.29 is 9.59 Å². The molecule has 0 radical (unpaired) electrons. The summed E-state index contributed by atoms with van der Waals surface area (Å²) >= 11 is 0. The lowest BCUT2D eigenvalue weighted by atomic mass is 10.0. The van der Waals surface area contributed by atoms with Crippen LogP contribution in [-0.4, -0.2) is 26.6 Å². The van der Waals surface area contributed by atoms with Gasteiger partial charge in [-0.05, 0) is 49.4 Å². The van der Waals surface area contributed by atoms with E-state index in [1.807, 2.05) is 44.3 Å². The van der Waals surface area contributed by atoms with Gasteiger partial charge >= 0.3 is 0 Å². The number of pyridine rings is 1. The smallest absolute Gasteiger partial charge is 0.252 e. The maximum absolute atomic E-state index is 13.0. The molecule has 2 N–H and O–H groups in total. The first-order chi connectivity index (χ1) is 14.3. The highest BCUT2D eigenvalue weighted by Crippen LogP contribution is 2.30. The average Bonchev–Trinajstić information content (AvgIpc) is 3.53. The quantitative estimate of drug-likeness (QED) is 0.655.